The number of nitrogens with zero attached hydrogens (tertiary/aromatic N) is 1. The van der Waals surface area contributed by atoms with Crippen LogP contribution in [0.4, 0.5) is 0 Å². The van der Waals surface area contributed by atoms with Gasteiger partial charge in [-0.2, -0.15) is 0 Å². The number of fused-ring (bicyclic) bond motifs is 1. The van der Waals surface area contributed by atoms with Crippen molar-refractivity contribution in [2.45, 2.75) is 56.4 Å². The number of ether oxygens (including phenoxy) is 4. The number of hydrogen-bond donors (Lipinski definition) is 2. The molecule has 0 unspecified atom stereocenters. The van der Waals surface area contributed by atoms with Crippen molar-refractivity contribution in [1.29, 1.82) is 0 Å². The molecule has 47 heavy (non-hydrogen) atoms. The monoisotopic (exact) mass is 658 g/mol. The van der Waals surface area contributed by atoms with Gasteiger partial charge in [0.05, 0.1) is 37.9 Å². The van der Waals surface area contributed by atoms with Crippen LogP contribution in [0.25, 0.3) is 0 Å². The van der Waals surface area contributed by atoms with E-state index in [4.69, 9.17) is 18.9 Å². The second kappa shape index (κ2) is 14.6. The molecule has 0 spiro atoms. The largest absolute Gasteiger partial charge is 0.493 e. The van der Waals surface area contributed by atoms with Gasteiger partial charge in [-0.3, -0.25) is 4.90 Å². The lowest BCUT2D eigenvalue weighted by atomic mass is 9.89. The fraction of sp³-hybridized carbons (Fsp3) is 0.351. The predicted molar refractivity (Wildman–Crippen MR) is 178 cm³/mol. The minimum absolute atomic E-state index is 0.0172. The smallest absolute Gasteiger partial charge is 0.240 e. The van der Waals surface area contributed by atoms with Gasteiger partial charge in [0.15, 0.2) is 17.8 Å². The fourth-order valence-corrected chi connectivity index (χ4v) is 7.37. The molecule has 248 valence electrons. The van der Waals surface area contributed by atoms with Crippen molar-refractivity contribution in [1.82, 2.24) is 9.62 Å². The van der Waals surface area contributed by atoms with Gasteiger partial charge < -0.3 is 24.1 Å². The minimum Gasteiger partial charge on any atom is -0.493 e. The second-order valence-corrected chi connectivity index (χ2v) is 13.9. The van der Waals surface area contributed by atoms with Crippen LogP contribution in [0.1, 0.15) is 52.7 Å². The maximum Gasteiger partial charge on any atom is 0.240 e. The Hall–Kier alpha value is -3.77. The molecule has 4 atom stereocenters. The Morgan fingerprint density at radius 2 is 1.49 bits per heavy atom. The third-order valence-corrected chi connectivity index (χ3v) is 10.5. The molecule has 4 aromatic carbocycles. The molecule has 1 fully saturated rings. The zero-order valence-corrected chi connectivity index (χ0v) is 27.8. The lowest BCUT2D eigenvalue weighted by Crippen LogP contribution is -2.45. The number of nitrogens with one attached hydrogen (secondary N) is 1. The molecule has 10 heteroatoms. The van der Waals surface area contributed by atoms with Crippen molar-refractivity contribution in [2.24, 2.45) is 5.92 Å². The van der Waals surface area contributed by atoms with Crippen molar-refractivity contribution < 1.29 is 32.5 Å². The molecule has 0 radical (unpaired) electrons. The van der Waals surface area contributed by atoms with Crippen LogP contribution in [0.2, 0.25) is 0 Å². The first-order valence-electron chi connectivity index (χ1n) is 15.9. The van der Waals surface area contributed by atoms with E-state index >= 15 is 0 Å². The summed E-state index contributed by atoms with van der Waals surface area (Å²) in [6.45, 7) is 4.70. The highest BCUT2D eigenvalue weighted by molar-refractivity contribution is 7.89. The van der Waals surface area contributed by atoms with Gasteiger partial charge in [-0.25, -0.2) is 13.1 Å². The Bertz CT molecular complexity index is 1750. The SMILES string of the molecule is COc1cc2c(cc1OC)CN(C[C@H]1O[C@@H](c3ccc(CNS(=O)(=O)c4ccccc4)cc3)O[C@@H](c3ccc(CO)cc3)[C@H]1C)CC2. The molecule has 6 rings (SSSR count). The quantitative estimate of drug-likeness (QED) is 0.217. The molecular weight excluding hydrogens is 616 g/mol. The zero-order valence-electron chi connectivity index (χ0n) is 27.0. The number of sulfonamides is 1. The van der Waals surface area contributed by atoms with Gasteiger partial charge in [-0.1, -0.05) is 73.7 Å². The van der Waals surface area contributed by atoms with E-state index < -0.39 is 16.3 Å². The van der Waals surface area contributed by atoms with Crippen LogP contribution in [0, 0.1) is 5.92 Å². The topological polar surface area (TPSA) is 107 Å². The summed E-state index contributed by atoms with van der Waals surface area (Å²) in [4.78, 5) is 2.65. The lowest BCUT2D eigenvalue weighted by Gasteiger charge is -2.43. The molecule has 4 aromatic rings. The first kappa shape index (κ1) is 33.1. The summed E-state index contributed by atoms with van der Waals surface area (Å²) >= 11 is 0. The Kier molecular flexibility index (Phi) is 10.3. The molecule has 2 aliphatic heterocycles. The highest BCUT2D eigenvalue weighted by Gasteiger charge is 2.39. The molecule has 1 saturated heterocycles. The Balaban J connectivity index is 1.20. The second-order valence-electron chi connectivity index (χ2n) is 12.2. The van der Waals surface area contributed by atoms with E-state index in [1.807, 2.05) is 48.5 Å². The van der Waals surface area contributed by atoms with Gasteiger partial charge in [0.1, 0.15) is 0 Å². The number of aliphatic hydroxyl groups is 1. The summed E-state index contributed by atoms with van der Waals surface area (Å²) in [6, 6.07) is 28.1. The van der Waals surface area contributed by atoms with E-state index in [1.165, 1.54) is 11.1 Å². The van der Waals surface area contributed by atoms with Gasteiger partial charge >= 0.3 is 0 Å². The van der Waals surface area contributed by atoms with E-state index in [0.717, 1.165) is 59.8 Å². The van der Waals surface area contributed by atoms with Gasteiger partial charge in [0.2, 0.25) is 10.0 Å². The Morgan fingerprint density at radius 1 is 0.851 bits per heavy atom. The summed E-state index contributed by atoms with van der Waals surface area (Å²) < 4.78 is 52.5. The number of hydrogen-bond acceptors (Lipinski definition) is 8. The van der Waals surface area contributed by atoms with Crippen molar-refractivity contribution in [2.75, 3.05) is 27.3 Å². The number of benzene rings is 4. The van der Waals surface area contributed by atoms with E-state index in [1.54, 1.807) is 44.6 Å². The summed E-state index contributed by atoms with van der Waals surface area (Å²) in [5.41, 5.74) is 6.05. The average Bonchev–Trinajstić information content (AvgIpc) is 3.11. The predicted octanol–water partition coefficient (Wildman–Crippen LogP) is 5.52. The standard InChI is InChI=1S/C37H42N2O7S/c1-25-35(23-39-18-17-30-19-33(43-2)34(44-3)20-31(30)22-39)45-37(46-36(25)28-13-11-27(24-40)12-14-28)29-15-9-26(10-16-29)21-38-47(41,42)32-7-5-4-6-8-32/h4-16,19-20,25,35-38,40H,17-18,21-24H2,1-3H3/t25-,35+,36+,37+/m0/s1. The van der Waals surface area contributed by atoms with Crippen LogP contribution in [0.5, 0.6) is 11.5 Å². The third-order valence-electron chi connectivity index (χ3n) is 9.13. The highest BCUT2D eigenvalue weighted by Crippen LogP contribution is 2.42. The van der Waals surface area contributed by atoms with Gasteiger partial charge in [0, 0.05) is 37.7 Å². The molecule has 2 heterocycles. The van der Waals surface area contributed by atoms with Crippen molar-refractivity contribution in [3.8, 4) is 11.5 Å². The average molecular weight is 659 g/mol. The first-order chi connectivity index (χ1) is 22.8. The lowest BCUT2D eigenvalue weighted by molar-refractivity contribution is -0.276. The number of methoxy groups -OCH3 is 2. The van der Waals surface area contributed by atoms with E-state index in [0.29, 0.717) is 0 Å². The summed E-state index contributed by atoms with van der Waals surface area (Å²) in [5.74, 6) is 1.52. The Morgan fingerprint density at radius 3 is 2.15 bits per heavy atom. The third kappa shape index (κ3) is 7.54. The molecule has 0 amide bonds. The highest BCUT2D eigenvalue weighted by atomic mass is 32.2. The molecule has 0 bridgehead atoms. The zero-order chi connectivity index (χ0) is 33.0. The molecule has 0 aromatic heterocycles. The molecule has 0 aliphatic carbocycles. The summed E-state index contributed by atoms with van der Waals surface area (Å²) in [5, 5.41) is 9.59. The van der Waals surface area contributed by atoms with Gasteiger partial charge in [-0.15, -0.1) is 0 Å². The van der Waals surface area contributed by atoms with Crippen LogP contribution in [-0.2, 0) is 45.6 Å². The van der Waals surface area contributed by atoms with Crippen molar-refractivity contribution in [3.05, 3.63) is 124 Å². The van der Waals surface area contributed by atoms with Crippen LogP contribution < -0.4 is 14.2 Å². The number of rotatable bonds is 11. The molecule has 0 saturated carbocycles. The molecule has 2 aliphatic rings. The van der Waals surface area contributed by atoms with Crippen LogP contribution >= 0.6 is 0 Å². The minimum atomic E-state index is -3.62. The first-order valence-corrected chi connectivity index (χ1v) is 17.4. The van der Waals surface area contributed by atoms with Gasteiger partial charge in [0.25, 0.3) is 0 Å². The molecule has 2 N–H and O–H groups in total. The number of aliphatic hydroxyl groups excluding tert-OH is 1. The normalized spacial score (nSPS) is 21.6. The van der Waals surface area contributed by atoms with Crippen LogP contribution in [-0.4, -0.2) is 51.8 Å². The molecule has 9 nitrogen and oxygen atoms in total. The van der Waals surface area contributed by atoms with Crippen molar-refractivity contribution >= 4 is 10.0 Å². The maximum absolute atomic E-state index is 12.7. The van der Waals surface area contributed by atoms with Crippen LogP contribution in [0.3, 0.4) is 0 Å². The van der Waals surface area contributed by atoms with Crippen LogP contribution in [0.15, 0.2) is 95.9 Å². The Labute approximate surface area is 277 Å². The fourth-order valence-electron chi connectivity index (χ4n) is 6.33. The van der Waals surface area contributed by atoms with E-state index in [2.05, 4.69) is 28.7 Å². The van der Waals surface area contributed by atoms with Crippen molar-refractivity contribution in [3.63, 3.8) is 0 Å². The summed E-state index contributed by atoms with van der Waals surface area (Å²) in [7, 11) is -0.300. The van der Waals surface area contributed by atoms with Gasteiger partial charge in [-0.05, 0) is 58.5 Å². The van der Waals surface area contributed by atoms with E-state index in [9.17, 15) is 13.5 Å². The molecular formula is C37H42N2O7S. The summed E-state index contributed by atoms with van der Waals surface area (Å²) in [6.07, 6.45) is -0.0750. The van der Waals surface area contributed by atoms with E-state index in [-0.39, 0.29) is 36.2 Å². The maximum atomic E-state index is 12.7.